The van der Waals surface area contributed by atoms with Gasteiger partial charge in [0.25, 0.3) is 0 Å². The van der Waals surface area contributed by atoms with Gasteiger partial charge in [0, 0.05) is 6.54 Å². The van der Waals surface area contributed by atoms with Crippen molar-refractivity contribution in [3.63, 3.8) is 0 Å². The predicted molar refractivity (Wildman–Crippen MR) is 70.7 cm³/mol. The minimum absolute atomic E-state index is 0.476. The topological polar surface area (TPSA) is 21.3 Å². The highest BCUT2D eigenvalue weighted by molar-refractivity contribution is 5.14. The zero-order valence-corrected chi connectivity index (χ0v) is 10.5. The average molecular weight is 233 g/mol. The van der Waals surface area contributed by atoms with Crippen LogP contribution in [-0.2, 0) is 11.3 Å². The maximum absolute atomic E-state index is 5.61. The Morgan fingerprint density at radius 3 is 2.59 bits per heavy atom. The van der Waals surface area contributed by atoms with Gasteiger partial charge < -0.3 is 0 Å². The quantitative estimate of drug-likeness (QED) is 0.575. The zero-order chi connectivity index (χ0) is 11.8. The van der Waals surface area contributed by atoms with E-state index in [1.54, 1.807) is 0 Å². The fourth-order valence-electron chi connectivity index (χ4n) is 2.35. The number of unbranched alkanes of at least 4 members (excludes halogenated alkanes) is 1. The Morgan fingerprint density at radius 2 is 1.82 bits per heavy atom. The minimum atomic E-state index is 0.476. The van der Waals surface area contributed by atoms with E-state index in [1.165, 1.54) is 50.5 Å². The van der Waals surface area contributed by atoms with Crippen LogP contribution in [0.25, 0.3) is 0 Å². The van der Waals surface area contributed by atoms with Crippen molar-refractivity contribution in [2.24, 2.45) is 0 Å². The van der Waals surface area contributed by atoms with Crippen LogP contribution in [-0.4, -0.2) is 12.6 Å². The average Bonchev–Trinajstić information content (AvgIpc) is 2.88. The molecule has 1 saturated carbocycles. The molecule has 0 bridgehead atoms. The van der Waals surface area contributed by atoms with Crippen molar-refractivity contribution < 1.29 is 4.84 Å². The standard InChI is InChI=1S/C15H23NO/c1-2-8-14(9-3-1)10-6-7-13-16-17-15-11-4-5-12-15/h1-3,8-9,15-16H,4-7,10-13H2. The van der Waals surface area contributed by atoms with Gasteiger partial charge in [-0.25, -0.2) is 5.48 Å². The van der Waals surface area contributed by atoms with E-state index in [-0.39, 0.29) is 0 Å². The number of hydroxylamine groups is 1. The summed E-state index contributed by atoms with van der Waals surface area (Å²) in [6.45, 7) is 0.976. The molecule has 2 heteroatoms. The second-order valence-corrected chi connectivity index (χ2v) is 4.86. The van der Waals surface area contributed by atoms with Crippen molar-refractivity contribution in [2.45, 2.75) is 51.0 Å². The number of aryl methyl sites for hydroxylation is 1. The fraction of sp³-hybridized carbons (Fsp3) is 0.600. The lowest BCUT2D eigenvalue weighted by atomic mass is 10.1. The van der Waals surface area contributed by atoms with Crippen LogP contribution in [0.4, 0.5) is 0 Å². The van der Waals surface area contributed by atoms with E-state index >= 15 is 0 Å². The number of nitrogens with one attached hydrogen (secondary N) is 1. The van der Waals surface area contributed by atoms with Crippen molar-refractivity contribution in [3.8, 4) is 0 Å². The molecule has 0 spiro atoms. The molecule has 1 aliphatic carbocycles. The van der Waals surface area contributed by atoms with Crippen molar-refractivity contribution in [1.29, 1.82) is 0 Å². The van der Waals surface area contributed by atoms with Gasteiger partial charge in [0.15, 0.2) is 0 Å². The summed E-state index contributed by atoms with van der Waals surface area (Å²) in [6.07, 6.45) is 9.19. The van der Waals surface area contributed by atoms with Gasteiger partial charge in [-0.15, -0.1) is 0 Å². The summed E-state index contributed by atoms with van der Waals surface area (Å²) in [5, 5.41) is 0. The van der Waals surface area contributed by atoms with Gasteiger partial charge in [-0.2, -0.15) is 0 Å². The summed E-state index contributed by atoms with van der Waals surface area (Å²) >= 11 is 0. The third kappa shape index (κ3) is 4.88. The first kappa shape index (κ1) is 12.6. The molecule has 2 nitrogen and oxygen atoms in total. The van der Waals surface area contributed by atoms with Gasteiger partial charge in [-0.1, -0.05) is 43.2 Å². The molecule has 0 aromatic heterocycles. The number of hydrogen-bond donors (Lipinski definition) is 1. The molecule has 1 fully saturated rings. The largest absolute Gasteiger partial charge is 0.299 e. The van der Waals surface area contributed by atoms with Crippen LogP contribution >= 0.6 is 0 Å². The molecular weight excluding hydrogens is 210 g/mol. The van der Waals surface area contributed by atoms with E-state index in [4.69, 9.17) is 4.84 Å². The Balaban J connectivity index is 1.46. The SMILES string of the molecule is c1ccc(CCCCNOC2CCCC2)cc1. The summed E-state index contributed by atoms with van der Waals surface area (Å²) in [4.78, 5) is 5.61. The Labute approximate surface area is 104 Å². The third-order valence-corrected chi connectivity index (χ3v) is 3.39. The Hall–Kier alpha value is -0.860. The van der Waals surface area contributed by atoms with Crippen molar-refractivity contribution in [2.75, 3.05) is 6.54 Å². The first-order chi connectivity index (χ1) is 8.45. The molecule has 0 heterocycles. The normalized spacial score (nSPS) is 16.5. The van der Waals surface area contributed by atoms with E-state index in [1.807, 2.05) is 0 Å². The second-order valence-electron chi connectivity index (χ2n) is 4.86. The summed E-state index contributed by atoms with van der Waals surface area (Å²) in [5.41, 5.74) is 4.55. The number of rotatable bonds is 7. The smallest absolute Gasteiger partial charge is 0.0790 e. The van der Waals surface area contributed by atoms with Crippen LogP contribution in [0.5, 0.6) is 0 Å². The highest BCUT2D eigenvalue weighted by atomic mass is 16.7. The van der Waals surface area contributed by atoms with Crippen LogP contribution in [0.1, 0.15) is 44.1 Å². The number of benzene rings is 1. The first-order valence-electron chi connectivity index (χ1n) is 6.87. The number of hydrogen-bond acceptors (Lipinski definition) is 2. The summed E-state index contributed by atoms with van der Waals surface area (Å²) in [7, 11) is 0. The van der Waals surface area contributed by atoms with E-state index in [0.29, 0.717) is 6.10 Å². The molecule has 0 atom stereocenters. The molecule has 1 aromatic carbocycles. The molecule has 0 saturated heterocycles. The predicted octanol–water partition coefficient (Wildman–Crippen LogP) is 3.47. The molecule has 1 aliphatic rings. The lowest BCUT2D eigenvalue weighted by Gasteiger charge is -2.11. The summed E-state index contributed by atoms with van der Waals surface area (Å²) < 4.78 is 0. The highest BCUT2D eigenvalue weighted by Gasteiger charge is 2.14. The molecule has 2 rings (SSSR count). The van der Waals surface area contributed by atoms with Gasteiger partial charge in [-0.05, 0) is 37.7 Å². The minimum Gasteiger partial charge on any atom is -0.299 e. The monoisotopic (exact) mass is 233 g/mol. The zero-order valence-electron chi connectivity index (χ0n) is 10.5. The fourth-order valence-corrected chi connectivity index (χ4v) is 2.35. The van der Waals surface area contributed by atoms with Crippen molar-refractivity contribution >= 4 is 0 Å². The highest BCUT2D eigenvalue weighted by Crippen LogP contribution is 2.19. The van der Waals surface area contributed by atoms with Gasteiger partial charge in [0.05, 0.1) is 6.10 Å². The van der Waals surface area contributed by atoms with E-state index in [0.717, 1.165) is 6.54 Å². The first-order valence-corrected chi connectivity index (χ1v) is 6.87. The van der Waals surface area contributed by atoms with Crippen molar-refractivity contribution in [1.82, 2.24) is 5.48 Å². The van der Waals surface area contributed by atoms with E-state index < -0.39 is 0 Å². The lowest BCUT2D eigenvalue weighted by Crippen LogP contribution is -2.22. The third-order valence-electron chi connectivity index (χ3n) is 3.39. The van der Waals surface area contributed by atoms with E-state index in [9.17, 15) is 0 Å². The second kappa shape index (κ2) is 7.46. The van der Waals surface area contributed by atoms with Crippen LogP contribution in [0.3, 0.4) is 0 Å². The van der Waals surface area contributed by atoms with Gasteiger partial charge in [-0.3, -0.25) is 4.84 Å². The summed E-state index contributed by atoms with van der Waals surface area (Å²) in [5.74, 6) is 0. The van der Waals surface area contributed by atoms with Gasteiger partial charge >= 0.3 is 0 Å². The van der Waals surface area contributed by atoms with Crippen LogP contribution in [0, 0.1) is 0 Å². The molecule has 0 amide bonds. The Kier molecular flexibility index (Phi) is 5.53. The summed E-state index contributed by atoms with van der Waals surface area (Å²) in [6, 6.07) is 10.7. The van der Waals surface area contributed by atoms with Crippen LogP contribution < -0.4 is 5.48 Å². The molecular formula is C15H23NO. The Morgan fingerprint density at radius 1 is 1.06 bits per heavy atom. The molecule has 0 radical (unpaired) electrons. The van der Waals surface area contributed by atoms with E-state index in [2.05, 4.69) is 35.8 Å². The Bertz CT molecular complexity index is 293. The van der Waals surface area contributed by atoms with Crippen molar-refractivity contribution in [3.05, 3.63) is 35.9 Å². The molecule has 94 valence electrons. The molecule has 0 aliphatic heterocycles. The lowest BCUT2D eigenvalue weighted by molar-refractivity contribution is -0.0209. The molecule has 17 heavy (non-hydrogen) atoms. The van der Waals surface area contributed by atoms with Crippen LogP contribution in [0.2, 0.25) is 0 Å². The van der Waals surface area contributed by atoms with Gasteiger partial charge in [0.2, 0.25) is 0 Å². The van der Waals surface area contributed by atoms with Gasteiger partial charge in [0.1, 0.15) is 0 Å². The molecule has 0 unspecified atom stereocenters. The maximum atomic E-state index is 5.61. The molecule has 1 N–H and O–H groups in total. The van der Waals surface area contributed by atoms with Crippen LogP contribution in [0.15, 0.2) is 30.3 Å². The maximum Gasteiger partial charge on any atom is 0.0790 e. The molecule has 1 aromatic rings.